The minimum Gasteiger partial charge on any atom is -0.478 e. The number of ether oxygens (including phenoxy) is 1. The molecule has 2 aromatic rings. The van der Waals surface area contributed by atoms with E-state index < -0.39 is 11.6 Å². The first kappa shape index (κ1) is 17.8. The highest BCUT2D eigenvalue weighted by atomic mass is 35.5. The molecule has 2 N–H and O–H groups in total. The van der Waals surface area contributed by atoms with Gasteiger partial charge in [-0.3, -0.25) is 4.79 Å². The molecule has 5 nitrogen and oxygen atoms in total. The molecule has 24 heavy (non-hydrogen) atoms. The zero-order valence-electron chi connectivity index (χ0n) is 13.4. The fourth-order valence-corrected chi connectivity index (χ4v) is 2.19. The molecule has 6 heteroatoms. The van der Waals surface area contributed by atoms with E-state index in [1.807, 2.05) is 6.07 Å². The van der Waals surface area contributed by atoms with Gasteiger partial charge in [-0.2, -0.15) is 0 Å². The number of halogens is 1. The maximum Gasteiger partial charge on any atom is 0.347 e. The van der Waals surface area contributed by atoms with Crippen LogP contribution >= 0.6 is 11.6 Å². The summed E-state index contributed by atoms with van der Waals surface area (Å²) in [6, 6.07) is 13.6. The summed E-state index contributed by atoms with van der Waals surface area (Å²) in [5.74, 6) is -0.812. The number of carbonyl (C=O) groups excluding carboxylic acids is 1. The molecule has 0 atom stereocenters. The van der Waals surface area contributed by atoms with Gasteiger partial charge in [-0.15, -0.1) is 0 Å². The molecule has 0 aliphatic carbocycles. The summed E-state index contributed by atoms with van der Waals surface area (Å²) in [5, 5.41) is 12.4. The van der Waals surface area contributed by atoms with Crippen molar-refractivity contribution in [2.75, 3.05) is 5.32 Å². The van der Waals surface area contributed by atoms with Crippen molar-refractivity contribution >= 4 is 29.2 Å². The molecule has 0 aliphatic rings. The van der Waals surface area contributed by atoms with Crippen molar-refractivity contribution in [2.24, 2.45) is 0 Å². The third kappa shape index (κ3) is 4.99. The van der Waals surface area contributed by atoms with E-state index in [4.69, 9.17) is 21.4 Å². The first-order valence-electron chi connectivity index (χ1n) is 7.33. The molecule has 0 bridgehead atoms. The Kier molecular flexibility index (Phi) is 5.46. The lowest BCUT2D eigenvalue weighted by atomic mass is 10.1. The molecule has 0 radical (unpaired) electrons. The predicted molar refractivity (Wildman–Crippen MR) is 92.6 cm³/mol. The Hall–Kier alpha value is -2.53. The Balaban J connectivity index is 1.96. The molecule has 0 spiro atoms. The highest BCUT2D eigenvalue weighted by Crippen LogP contribution is 2.21. The van der Waals surface area contributed by atoms with Crippen LogP contribution in [0.3, 0.4) is 0 Å². The molecule has 0 unspecified atom stereocenters. The fourth-order valence-electron chi connectivity index (χ4n) is 1.98. The van der Waals surface area contributed by atoms with Crippen molar-refractivity contribution in [1.29, 1.82) is 0 Å². The second kappa shape index (κ2) is 7.36. The van der Waals surface area contributed by atoms with Gasteiger partial charge < -0.3 is 15.2 Å². The van der Waals surface area contributed by atoms with Gasteiger partial charge in [0.2, 0.25) is 5.91 Å². The third-order valence-corrected chi connectivity index (χ3v) is 3.51. The summed E-state index contributed by atoms with van der Waals surface area (Å²) < 4.78 is 5.41. The number of carboxylic acids is 1. The Bertz CT molecular complexity index is 741. The summed E-state index contributed by atoms with van der Waals surface area (Å²) in [6.07, 6.45) is 0.213. The average molecular weight is 348 g/mol. The third-order valence-electron chi connectivity index (χ3n) is 3.28. The second-order valence-corrected chi connectivity index (χ2v) is 6.23. The number of hydrogen-bond acceptors (Lipinski definition) is 3. The first-order chi connectivity index (χ1) is 11.3. The van der Waals surface area contributed by atoms with Crippen molar-refractivity contribution in [3.8, 4) is 5.75 Å². The van der Waals surface area contributed by atoms with Gasteiger partial charge in [0.25, 0.3) is 0 Å². The summed E-state index contributed by atoms with van der Waals surface area (Å²) in [4.78, 5) is 23.1. The topological polar surface area (TPSA) is 75.6 Å². The molecule has 0 saturated carbocycles. The van der Waals surface area contributed by atoms with Gasteiger partial charge in [0.15, 0.2) is 5.60 Å². The second-order valence-electron chi connectivity index (χ2n) is 5.80. The molecule has 126 valence electrons. The quantitative estimate of drug-likeness (QED) is 0.834. The van der Waals surface area contributed by atoms with Crippen molar-refractivity contribution < 1.29 is 19.4 Å². The summed E-state index contributed by atoms with van der Waals surface area (Å²) in [5.41, 5.74) is 0.0998. The van der Waals surface area contributed by atoms with E-state index in [9.17, 15) is 9.59 Å². The standard InChI is InChI=1S/C18H18ClNO4/c1-18(2,17(22)23)24-15-8-6-14(7-9-15)20-16(21)11-12-4-3-5-13(19)10-12/h3-10H,11H2,1-2H3,(H,20,21)(H,22,23). The van der Waals surface area contributed by atoms with Crippen LogP contribution in [0, 0.1) is 0 Å². The zero-order valence-corrected chi connectivity index (χ0v) is 14.1. The van der Waals surface area contributed by atoms with Gasteiger partial charge in [0, 0.05) is 10.7 Å². The van der Waals surface area contributed by atoms with Gasteiger partial charge in [0.1, 0.15) is 5.75 Å². The van der Waals surface area contributed by atoms with Crippen LogP contribution in [0.5, 0.6) is 5.75 Å². The molecule has 2 rings (SSSR count). The normalized spacial score (nSPS) is 11.0. The van der Waals surface area contributed by atoms with E-state index in [1.54, 1.807) is 42.5 Å². The summed E-state index contributed by atoms with van der Waals surface area (Å²) >= 11 is 5.89. The molecule has 1 amide bonds. The monoisotopic (exact) mass is 347 g/mol. The number of carbonyl (C=O) groups is 2. The van der Waals surface area contributed by atoms with Crippen molar-refractivity contribution in [3.05, 3.63) is 59.1 Å². The lowest BCUT2D eigenvalue weighted by Gasteiger charge is -2.21. The predicted octanol–water partition coefficient (Wildman–Crippen LogP) is 3.76. The van der Waals surface area contributed by atoms with E-state index in [0.717, 1.165) is 5.56 Å². The first-order valence-corrected chi connectivity index (χ1v) is 7.71. The van der Waals surface area contributed by atoms with Gasteiger partial charge in [-0.1, -0.05) is 23.7 Å². The number of nitrogens with one attached hydrogen (secondary N) is 1. The van der Waals surface area contributed by atoms with Crippen LogP contribution in [-0.2, 0) is 16.0 Å². The number of hydrogen-bond donors (Lipinski definition) is 2. The van der Waals surface area contributed by atoms with Crippen molar-refractivity contribution in [2.45, 2.75) is 25.9 Å². The smallest absolute Gasteiger partial charge is 0.347 e. The van der Waals surface area contributed by atoms with Gasteiger partial charge in [-0.25, -0.2) is 4.79 Å². The largest absolute Gasteiger partial charge is 0.478 e. The van der Waals surface area contributed by atoms with Gasteiger partial charge >= 0.3 is 5.97 Å². The highest BCUT2D eigenvalue weighted by molar-refractivity contribution is 6.30. The SMILES string of the molecule is CC(C)(Oc1ccc(NC(=O)Cc2cccc(Cl)c2)cc1)C(=O)O. The van der Waals surface area contributed by atoms with Gasteiger partial charge in [0.05, 0.1) is 6.42 Å². The lowest BCUT2D eigenvalue weighted by molar-refractivity contribution is -0.152. The van der Waals surface area contributed by atoms with Crippen LogP contribution in [0.25, 0.3) is 0 Å². The molecular weight excluding hydrogens is 330 g/mol. The van der Waals surface area contributed by atoms with Crippen molar-refractivity contribution in [3.63, 3.8) is 0 Å². The fraction of sp³-hybridized carbons (Fsp3) is 0.222. The van der Waals surface area contributed by atoms with Crippen molar-refractivity contribution in [1.82, 2.24) is 0 Å². The molecular formula is C18H18ClNO4. The van der Waals surface area contributed by atoms with E-state index in [1.165, 1.54) is 13.8 Å². The van der Waals surface area contributed by atoms with Crippen LogP contribution in [-0.4, -0.2) is 22.6 Å². The van der Waals surface area contributed by atoms with Crippen LogP contribution in [0.2, 0.25) is 5.02 Å². The molecule has 0 aromatic heterocycles. The Morgan fingerprint density at radius 2 is 1.83 bits per heavy atom. The Morgan fingerprint density at radius 3 is 2.42 bits per heavy atom. The number of benzene rings is 2. The number of aliphatic carboxylic acids is 1. The molecule has 0 saturated heterocycles. The number of amides is 1. The van der Waals surface area contributed by atoms with E-state index in [0.29, 0.717) is 16.5 Å². The molecule has 0 aliphatic heterocycles. The lowest BCUT2D eigenvalue weighted by Crippen LogP contribution is -2.37. The van der Waals surface area contributed by atoms with Crippen LogP contribution < -0.4 is 10.1 Å². The average Bonchev–Trinajstić information content (AvgIpc) is 2.48. The van der Waals surface area contributed by atoms with Crippen LogP contribution in [0.4, 0.5) is 5.69 Å². The molecule has 2 aromatic carbocycles. The maximum absolute atomic E-state index is 12.0. The van der Waals surface area contributed by atoms with Crippen LogP contribution in [0.1, 0.15) is 19.4 Å². The summed E-state index contributed by atoms with van der Waals surface area (Å²) in [7, 11) is 0. The Labute approximate surface area is 145 Å². The zero-order chi connectivity index (χ0) is 17.7. The molecule has 0 heterocycles. The maximum atomic E-state index is 12.0. The van der Waals surface area contributed by atoms with Gasteiger partial charge in [-0.05, 0) is 55.8 Å². The van der Waals surface area contributed by atoms with E-state index >= 15 is 0 Å². The number of carboxylic acid groups (broad SMARTS) is 1. The highest BCUT2D eigenvalue weighted by Gasteiger charge is 2.29. The number of anilines is 1. The Morgan fingerprint density at radius 1 is 1.17 bits per heavy atom. The van der Waals surface area contributed by atoms with Crippen LogP contribution in [0.15, 0.2) is 48.5 Å². The van der Waals surface area contributed by atoms with E-state index in [-0.39, 0.29) is 12.3 Å². The minimum atomic E-state index is -1.32. The molecule has 0 fully saturated rings. The summed E-state index contributed by atoms with van der Waals surface area (Å²) in [6.45, 7) is 2.94. The van der Waals surface area contributed by atoms with E-state index in [2.05, 4.69) is 5.32 Å². The number of rotatable bonds is 6. The minimum absolute atomic E-state index is 0.170.